The number of benzene rings is 1. The van der Waals surface area contributed by atoms with Crippen LogP contribution < -0.4 is 5.32 Å². The number of hydrogen-bond acceptors (Lipinski definition) is 4. The number of amides is 1. The smallest absolute Gasteiger partial charge is 0.251 e. The summed E-state index contributed by atoms with van der Waals surface area (Å²) in [5.74, 6) is 0.896. The van der Waals surface area contributed by atoms with E-state index in [1.165, 1.54) is 11.1 Å². The standard InChI is InChI=1S/C25H31N3O2/c1-16-4-6-19(7-5-16)13-28-14-22-21(23-8-9-25(22,15-28)30-23)12-26-24(29)20-10-17(2)27-18(3)11-20/h4-7,10-11,21-23H,8-9,12-15H2,1-3H3,(H,26,29)/t21-,22+,23+,25+/m0/s1. The molecule has 0 unspecified atom stereocenters. The first-order valence-electron chi connectivity index (χ1n) is 11.1. The van der Waals surface area contributed by atoms with Gasteiger partial charge in [0.05, 0.1) is 11.7 Å². The van der Waals surface area contributed by atoms with Crippen LogP contribution in [0.4, 0.5) is 0 Å². The van der Waals surface area contributed by atoms with Gasteiger partial charge in [-0.2, -0.15) is 0 Å². The van der Waals surface area contributed by atoms with Crippen LogP contribution in [0.25, 0.3) is 0 Å². The lowest BCUT2D eigenvalue weighted by atomic mass is 9.73. The Morgan fingerprint density at radius 2 is 1.93 bits per heavy atom. The van der Waals surface area contributed by atoms with E-state index in [4.69, 9.17) is 4.74 Å². The molecule has 4 heterocycles. The van der Waals surface area contributed by atoms with Crippen molar-refractivity contribution in [2.24, 2.45) is 11.8 Å². The van der Waals surface area contributed by atoms with Crippen molar-refractivity contribution in [2.75, 3.05) is 19.6 Å². The van der Waals surface area contributed by atoms with E-state index < -0.39 is 0 Å². The van der Waals surface area contributed by atoms with Crippen molar-refractivity contribution in [2.45, 2.75) is 51.9 Å². The summed E-state index contributed by atoms with van der Waals surface area (Å²) < 4.78 is 6.56. The second-order valence-electron chi connectivity index (χ2n) is 9.53. The zero-order chi connectivity index (χ0) is 20.9. The topological polar surface area (TPSA) is 54.5 Å². The Morgan fingerprint density at radius 1 is 1.20 bits per heavy atom. The molecule has 30 heavy (non-hydrogen) atoms. The van der Waals surface area contributed by atoms with Crippen LogP contribution in [0.3, 0.4) is 0 Å². The highest BCUT2D eigenvalue weighted by atomic mass is 16.5. The molecule has 4 atom stereocenters. The summed E-state index contributed by atoms with van der Waals surface area (Å²) >= 11 is 0. The van der Waals surface area contributed by atoms with E-state index >= 15 is 0 Å². The average Bonchev–Trinajstić information content (AvgIpc) is 3.35. The van der Waals surface area contributed by atoms with Crippen molar-refractivity contribution < 1.29 is 9.53 Å². The number of hydrogen-bond donors (Lipinski definition) is 1. The first-order valence-corrected chi connectivity index (χ1v) is 11.1. The molecule has 2 bridgehead atoms. The SMILES string of the molecule is Cc1ccc(CN2C[C@@H]3[C@H](CNC(=O)c4cc(C)nc(C)c4)[C@H]4CC[C@]3(C2)O4)cc1. The molecule has 5 nitrogen and oxygen atoms in total. The number of aromatic nitrogens is 1. The van der Waals surface area contributed by atoms with Gasteiger partial charge in [0.15, 0.2) is 0 Å². The van der Waals surface area contributed by atoms with E-state index in [2.05, 4.69) is 46.4 Å². The monoisotopic (exact) mass is 405 g/mol. The summed E-state index contributed by atoms with van der Waals surface area (Å²) in [7, 11) is 0. The van der Waals surface area contributed by atoms with Gasteiger partial charge in [-0.15, -0.1) is 0 Å². The van der Waals surface area contributed by atoms with Crippen LogP contribution in [0, 0.1) is 32.6 Å². The summed E-state index contributed by atoms with van der Waals surface area (Å²) in [6.07, 6.45) is 2.56. The molecule has 0 saturated carbocycles. The second-order valence-corrected chi connectivity index (χ2v) is 9.53. The number of nitrogens with one attached hydrogen (secondary N) is 1. The number of pyridine rings is 1. The van der Waals surface area contributed by atoms with Gasteiger partial charge in [-0.3, -0.25) is 14.7 Å². The second kappa shape index (κ2) is 7.47. The van der Waals surface area contributed by atoms with Gasteiger partial charge in [-0.05, 0) is 51.3 Å². The van der Waals surface area contributed by atoms with E-state index in [0.29, 0.717) is 23.9 Å². The van der Waals surface area contributed by atoms with Crippen molar-refractivity contribution in [1.29, 1.82) is 0 Å². The Morgan fingerprint density at radius 3 is 2.67 bits per heavy atom. The summed E-state index contributed by atoms with van der Waals surface area (Å²) in [6, 6.07) is 12.6. The number of ether oxygens (including phenoxy) is 1. The highest BCUT2D eigenvalue weighted by Gasteiger charge is 2.62. The highest BCUT2D eigenvalue weighted by molar-refractivity contribution is 5.94. The zero-order valence-electron chi connectivity index (χ0n) is 18.1. The van der Waals surface area contributed by atoms with Crippen LogP contribution >= 0.6 is 0 Å². The fourth-order valence-corrected chi connectivity index (χ4v) is 5.91. The molecule has 1 aromatic carbocycles. The normalized spacial score (nSPS) is 29.9. The fourth-order valence-electron chi connectivity index (χ4n) is 5.91. The van der Waals surface area contributed by atoms with Gasteiger partial charge in [0, 0.05) is 55.0 Å². The molecule has 3 saturated heterocycles. The van der Waals surface area contributed by atoms with Gasteiger partial charge in [0.2, 0.25) is 0 Å². The quantitative estimate of drug-likeness (QED) is 0.828. The van der Waals surface area contributed by atoms with Gasteiger partial charge in [-0.25, -0.2) is 0 Å². The molecule has 1 amide bonds. The number of carbonyl (C=O) groups excluding carboxylic acids is 1. The molecule has 0 radical (unpaired) electrons. The molecular formula is C25H31N3O2. The lowest BCUT2D eigenvalue weighted by molar-refractivity contribution is 0.00212. The molecule has 3 aliphatic heterocycles. The van der Waals surface area contributed by atoms with Crippen molar-refractivity contribution >= 4 is 5.91 Å². The Labute approximate surface area is 178 Å². The molecule has 3 fully saturated rings. The Kier molecular flexibility index (Phi) is 4.91. The highest BCUT2D eigenvalue weighted by Crippen LogP contribution is 2.54. The molecule has 5 rings (SSSR count). The number of rotatable bonds is 5. The maximum absolute atomic E-state index is 12.7. The first kappa shape index (κ1) is 19.7. The number of fused-ring (bicyclic) bond motifs is 1. The Hall–Kier alpha value is -2.24. The van der Waals surface area contributed by atoms with Crippen LogP contribution in [0.1, 0.15) is 45.7 Å². The van der Waals surface area contributed by atoms with Gasteiger partial charge in [0.25, 0.3) is 5.91 Å². The summed E-state index contributed by atoms with van der Waals surface area (Å²) in [4.78, 5) is 19.7. The van der Waals surface area contributed by atoms with Gasteiger partial charge in [0.1, 0.15) is 0 Å². The van der Waals surface area contributed by atoms with Crippen LogP contribution in [0.5, 0.6) is 0 Å². The van der Waals surface area contributed by atoms with Crippen LogP contribution in [-0.4, -0.2) is 47.1 Å². The van der Waals surface area contributed by atoms with Crippen molar-refractivity contribution in [1.82, 2.24) is 15.2 Å². The minimum atomic E-state index is -0.00536. The molecule has 0 aliphatic carbocycles. The van der Waals surface area contributed by atoms with Crippen molar-refractivity contribution in [3.8, 4) is 0 Å². The van der Waals surface area contributed by atoms with E-state index in [1.54, 1.807) is 0 Å². The number of nitrogens with zero attached hydrogens (tertiary/aromatic N) is 2. The maximum Gasteiger partial charge on any atom is 0.251 e. The number of likely N-dealkylation sites (tertiary alicyclic amines) is 1. The lowest BCUT2D eigenvalue weighted by Crippen LogP contribution is -2.41. The molecule has 1 aromatic heterocycles. The van der Waals surface area contributed by atoms with E-state index in [9.17, 15) is 4.79 Å². The van der Waals surface area contributed by atoms with Gasteiger partial charge in [-0.1, -0.05) is 29.8 Å². The molecule has 3 aliphatic rings. The third-order valence-corrected chi connectivity index (χ3v) is 7.22. The molecule has 158 valence electrons. The third-order valence-electron chi connectivity index (χ3n) is 7.22. The Balaban J connectivity index is 1.24. The molecule has 5 heteroatoms. The minimum Gasteiger partial charge on any atom is -0.370 e. The van der Waals surface area contributed by atoms with Crippen molar-refractivity contribution in [3.05, 3.63) is 64.5 Å². The van der Waals surface area contributed by atoms with Crippen LogP contribution in [-0.2, 0) is 11.3 Å². The van der Waals surface area contributed by atoms with Crippen molar-refractivity contribution in [3.63, 3.8) is 0 Å². The van der Waals surface area contributed by atoms with Gasteiger partial charge < -0.3 is 10.1 Å². The molecule has 1 spiro atoms. The Bertz CT molecular complexity index is 937. The summed E-state index contributed by atoms with van der Waals surface area (Å²) in [5.41, 5.74) is 5.11. The maximum atomic E-state index is 12.7. The van der Waals surface area contributed by atoms with Gasteiger partial charge >= 0.3 is 0 Å². The first-order chi connectivity index (χ1) is 14.4. The summed E-state index contributed by atoms with van der Waals surface area (Å²) in [6.45, 7) is 9.71. The number of carbonyl (C=O) groups is 1. The zero-order valence-corrected chi connectivity index (χ0v) is 18.1. The van der Waals surface area contributed by atoms with E-state index in [0.717, 1.165) is 43.9 Å². The largest absolute Gasteiger partial charge is 0.370 e. The van der Waals surface area contributed by atoms with Crippen LogP contribution in [0.2, 0.25) is 0 Å². The predicted molar refractivity (Wildman–Crippen MR) is 116 cm³/mol. The molecular weight excluding hydrogens is 374 g/mol. The van der Waals surface area contributed by atoms with Crippen LogP contribution in [0.15, 0.2) is 36.4 Å². The minimum absolute atomic E-state index is 0.00469. The molecule has 2 aromatic rings. The lowest BCUT2D eigenvalue weighted by Gasteiger charge is -2.29. The summed E-state index contributed by atoms with van der Waals surface area (Å²) in [5, 5.41) is 3.20. The fraction of sp³-hybridized carbons (Fsp3) is 0.520. The molecule has 1 N–H and O–H groups in total. The van der Waals surface area contributed by atoms with E-state index in [-0.39, 0.29) is 17.6 Å². The third kappa shape index (κ3) is 3.54. The predicted octanol–water partition coefficient (Wildman–Crippen LogP) is 3.42. The average molecular weight is 406 g/mol. The van der Waals surface area contributed by atoms with E-state index in [1.807, 2.05) is 26.0 Å². The number of aryl methyl sites for hydroxylation is 3.